The summed E-state index contributed by atoms with van der Waals surface area (Å²) in [5.41, 5.74) is -3.94. The molecule has 1 amide bonds. The minimum absolute atomic E-state index is 0.195. The van der Waals surface area contributed by atoms with Crippen molar-refractivity contribution >= 4 is 17.3 Å². The van der Waals surface area contributed by atoms with Gasteiger partial charge in [0, 0.05) is 18.1 Å². The van der Waals surface area contributed by atoms with Crippen LogP contribution >= 0.6 is 0 Å². The Hall–Kier alpha value is -3.12. The summed E-state index contributed by atoms with van der Waals surface area (Å²) in [7, 11) is 0. The van der Waals surface area contributed by atoms with E-state index in [2.05, 4.69) is 15.1 Å². The normalized spacial score (nSPS) is 12.0. The van der Waals surface area contributed by atoms with Gasteiger partial charge >= 0.3 is 6.18 Å². The molecule has 0 aliphatic heterocycles. The molecule has 0 aliphatic carbocycles. The summed E-state index contributed by atoms with van der Waals surface area (Å²) in [5, 5.41) is 12.4. The Morgan fingerprint density at radius 2 is 1.73 bits per heavy atom. The molecule has 2 aromatic rings. The Kier molecular flexibility index (Phi) is 11.1. The lowest BCUT2D eigenvalue weighted by Gasteiger charge is -2.23. The molecule has 0 saturated heterocycles. The fourth-order valence-corrected chi connectivity index (χ4v) is 1.93. The highest BCUT2D eigenvalue weighted by atomic mass is 19.4. The van der Waals surface area contributed by atoms with E-state index in [1.54, 1.807) is 0 Å². The van der Waals surface area contributed by atoms with E-state index in [1.165, 1.54) is 31.5 Å². The largest absolute Gasteiger partial charge is 0.490 e. The van der Waals surface area contributed by atoms with Crippen LogP contribution in [0.25, 0.3) is 4.85 Å². The second kappa shape index (κ2) is 12.4. The van der Waals surface area contributed by atoms with Gasteiger partial charge in [0.15, 0.2) is 11.3 Å². The standard InChI is InChI=1S/C17H14F3N3O3.2C2H6/c1-16(25,10-26-12-5-7-22-8-6-12)15(24)23-11-3-4-14(21-2)13(9-11)17(18,19)20;2*1-2/h3-9,25H,10H2,1H3,(H,23,24);2*1-2H3/t16-;;/m0../s1. The summed E-state index contributed by atoms with van der Waals surface area (Å²) in [6, 6.07) is 5.79. The first-order chi connectivity index (χ1) is 14.1. The van der Waals surface area contributed by atoms with Crippen LogP contribution in [-0.4, -0.2) is 28.2 Å². The Bertz CT molecular complexity index is 833. The fourth-order valence-electron chi connectivity index (χ4n) is 1.93. The topological polar surface area (TPSA) is 75.8 Å². The zero-order valence-corrected chi connectivity index (χ0v) is 17.5. The van der Waals surface area contributed by atoms with Crippen molar-refractivity contribution in [3.05, 3.63) is 59.7 Å². The molecule has 2 rings (SSSR count). The molecule has 0 fully saturated rings. The lowest BCUT2D eigenvalue weighted by atomic mass is 10.1. The van der Waals surface area contributed by atoms with Crippen LogP contribution in [0.2, 0.25) is 0 Å². The number of carbonyl (C=O) groups is 1. The van der Waals surface area contributed by atoms with Crippen molar-refractivity contribution in [1.29, 1.82) is 0 Å². The molecule has 6 nitrogen and oxygen atoms in total. The Morgan fingerprint density at radius 1 is 1.17 bits per heavy atom. The summed E-state index contributed by atoms with van der Waals surface area (Å²) in [5.74, 6) is -0.580. The number of benzene rings is 1. The van der Waals surface area contributed by atoms with Crippen LogP contribution < -0.4 is 10.1 Å². The maximum absolute atomic E-state index is 13.0. The average molecular weight is 425 g/mol. The zero-order valence-electron chi connectivity index (χ0n) is 17.5. The molecular formula is C21H26F3N3O3. The van der Waals surface area contributed by atoms with Gasteiger partial charge in [-0.1, -0.05) is 33.8 Å². The molecule has 0 aliphatic rings. The molecule has 1 atom stereocenters. The van der Waals surface area contributed by atoms with Crippen molar-refractivity contribution in [2.75, 3.05) is 11.9 Å². The fraction of sp³-hybridized carbons (Fsp3) is 0.381. The van der Waals surface area contributed by atoms with Gasteiger partial charge in [0.2, 0.25) is 0 Å². The van der Waals surface area contributed by atoms with Gasteiger partial charge in [-0.2, -0.15) is 13.2 Å². The summed E-state index contributed by atoms with van der Waals surface area (Å²) in [6.07, 6.45) is -1.82. The van der Waals surface area contributed by atoms with Crippen molar-refractivity contribution in [1.82, 2.24) is 4.98 Å². The number of alkyl halides is 3. The molecule has 0 bridgehead atoms. The Balaban J connectivity index is 0.00000198. The maximum Gasteiger partial charge on any atom is 0.407 e. The van der Waals surface area contributed by atoms with Crippen molar-refractivity contribution < 1.29 is 27.8 Å². The molecule has 9 heteroatoms. The van der Waals surface area contributed by atoms with Crippen molar-refractivity contribution in [3.63, 3.8) is 0 Å². The number of pyridine rings is 1. The van der Waals surface area contributed by atoms with Gasteiger partial charge in [0.05, 0.1) is 12.1 Å². The molecule has 1 aromatic heterocycles. The lowest BCUT2D eigenvalue weighted by Crippen LogP contribution is -2.45. The van der Waals surface area contributed by atoms with Crippen LogP contribution in [0.15, 0.2) is 42.7 Å². The summed E-state index contributed by atoms with van der Waals surface area (Å²) >= 11 is 0. The quantitative estimate of drug-likeness (QED) is 0.623. The molecule has 30 heavy (non-hydrogen) atoms. The number of carbonyl (C=O) groups excluding carboxylic acids is 1. The number of anilines is 1. The maximum atomic E-state index is 13.0. The van der Waals surface area contributed by atoms with Gasteiger partial charge in [-0.25, -0.2) is 4.85 Å². The highest BCUT2D eigenvalue weighted by Crippen LogP contribution is 2.38. The minimum atomic E-state index is -4.74. The summed E-state index contributed by atoms with van der Waals surface area (Å²) < 4.78 is 44.2. The highest BCUT2D eigenvalue weighted by molar-refractivity contribution is 5.97. The van der Waals surface area contributed by atoms with Crippen LogP contribution in [0.4, 0.5) is 24.5 Å². The van der Waals surface area contributed by atoms with Crippen LogP contribution in [0, 0.1) is 6.57 Å². The smallest absolute Gasteiger partial charge is 0.407 e. The first kappa shape index (κ1) is 26.9. The van der Waals surface area contributed by atoms with E-state index in [4.69, 9.17) is 11.3 Å². The lowest BCUT2D eigenvalue weighted by molar-refractivity contribution is -0.137. The Labute approximate surface area is 174 Å². The molecule has 164 valence electrons. The first-order valence-electron chi connectivity index (χ1n) is 9.29. The van der Waals surface area contributed by atoms with E-state index in [1.807, 2.05) is 27.7 Å². The predicted molar refractivity (Wildman–Crippen MR) is 109 cm³/mol. The minimum Gasteiger partial charge on any atom is -0.490 e. The van der Waals surface area contributed by atoms with Crippen LogP contribution in [-0.2, 0) is 11.0 Å². The van der Waals surface area contributed by atoms with Gasteiger partial charge in [0.25, 0.3) is 5.91 Å². The number of aromatic nitrogens is 1. The van der Waals surface area contributed by atoms with Crippen molar-refractivity contribution in [2.24, 2.45) is 0 Å². The van der Waals surface area contributed by atoms with Crippen LogP contribution in [0.5, 0.6) is 5.75 Å². The second-order valence-corrected chi connectivity index (χ2v) is 5.54. The third-order valence-corrected chi connectivity index (χ3v) is 3.34. The third-order valence-electron chi connectivity index (χ3n) is 3.34. The first-order valence-corrected chi connectivity index (χ1v) is 9.29. The molecule has 0 radical (unpaired) electrons. The third kappa shape index (κ3) is 8.09. The van der Waals surface area contributed by atoms with E-state index in [9.17, 15) is 23.1 Å². The van der Waals surface area contributed by atoms with Crippen LogP contribution in [0.3, 0.4) is 0 Å². The van der Waals surface area contributed by atoms with Gasteiger partial charge < -0.3 is 15.2 Å². The number of ether oxygens (including phenoxy) is 1. The summed E-state index contributed by atoms with van der Waals surface area (Å²) in [6.45, 7) is 15.5. The molecule has 0 unspecified atom stereocenters. The van der Waals surface area contributed by atoms with E-state index in [0.717, 1.165) is 12.1 Å². The number of hydrogen-bond donors (Lipinski definition) is 2. The average Bonchev–Trinajstić information content (AvgIpc) is 2.75. The number of rotatable bonds is 5. The number of halogens is 3. The van der Waals surface area contributed by atoms with E-state index in [0.29, 0.717) is 11.8 Å². The molecule has 0 spiro atoms. The van der Waals surface area contributed by atoms with Gasteiger partial charge in [-0.05, 0) is 31.2 Å². The van der Waals surface area contributed by atoms with Crippen molar-refractivity contribution in [2.45, 2.75) is 46.4 Å². The Morgan fingerprint density at radius 3 is 2.23 bits per heavy atom. The number of nitrogens with zero attached hydrogens (tertiary/aromatic N) is 2. The summed E-state index contributed by atoms with van der Waals surface area (Å²) in [4.78, 5) is 18.8. The number of amides is 1. The SMILES string of the molecule is CC.CC.[C-]#[N+]c1ccc(NC(=O)[C@@](C)(O)COc2ccncc2)cc1C(F)(F)F. The van der Waals surface area contributed by atoms with Gasteiger partial charge in [-0.3, -0.25) is 9.78 Å². The van der Waals surface area contributed by atoms with Gasteiger partial charge in [-0.15, -0.1) is 0 Å². The predicted octanol–water partition coefficient (Wildman–Crippen LogP) is 5.47. The molecule has 1 aromatic carbocycles. The molecular weight excluding hydrogens is 399 g/mol. The second-order valence-electron chi connectivity index (χ2n) is 5.54. The zero-order chi connectivity index (χ0) is 23.4. The number of nitrogens with one attached hydrogen (secondary N) is 1. The molecule has 1 heterocycles. The van der Waals surface area contributed by atoms with Crippen LogP contribution in [0.1, 0.15) is 40.2 Å². The van der Waals surface area contributed by atoms with E-state index >= 15 is 0 Å². The van der Waals surface area contributed by atoms with E-state index < -0.39 is 35.5 Å². The molecule has 0 saturated carbocycles. The van der Waals surface area contributed by atoms with Gasteiger partial charge in [0.1, 0.15) is 12.4 Å². The monoisotopic (exact) mass is 425 g/mol. The van der Waals surface area contributed by atoms with E-state index in [-0.39, 0.29) is 5.69 Å². The van der Waals surface area contributed by atoms with Crippen molar-refractivity contribution in [3.8, 4) is 5.75 Å². The highest BCUT2D eigenvalue weighted by Gasteiger charge is 2.35. The molecule has 2 N–H and O–H groups in total. The number of aliphatic hydroxyl groups is 1. The number of hydrogen-bond acceptors (Lipinski definition) is 4.